The third-order valence-corrected chi connectivity index (χ3v) is 2.80. The molecule has 0 aromatic rings. The van der Waals surface area contributed by atoms with E-state index in [1.54, 1.807) is 0 Å². The highest BCUT2D eigenvalue weighted by atomic mass is 15.1. The van der Waals surface area contributed by atoms with Crippen molar-refractivity contribution in [2.75, 3.05) is 6.54 Å². The second kappa shape index (κ2) is 7.81. The molecule has 1 heteroatoms. The number of hydrogen-bond acceptors (Lipinski definition) is 0. The maximum Gasteiger partial charge on any atom is 0.0990 e. The molecule has 1 heterocycles. The van der Waals surface area contributed by atoms with Crippen molar-refractivity contribution >= 4 is 0 Å². The normalized spacial score (nSPS) is 15.5. The van der Waals surface area contributed by atoms with E-state index in [9.17, 15) is 0 Å². The highest BCUT2D eigenvalue weighted by Gasteiger charge is 2.02. The van der Waals surface area contributed by atoms with E-state index in [4.69, 9.17) is 0 Å². The van der Waals surface area contributed by atoms with Crippen molar-refractivity contribution < 1.29 is 4.90 Å². The van der Waals surface area contributed by atoms with Crippen LogP contribution in [-0.2, 0) is 0 Å². The zero-order valence-corrected chi connectivity index (χ0v) is 9.47. The van der Waals surface area contributed by atoms with Gasteiger partial charge >= 0.3 is 0 Å². The Morgan fingerprint density at radius 2 is 1.36 bits per heavy atom. The maximum atomic E-state index is 2.27. The van der Waals surface area contributed by atoms with Crippen LogP contribution in [0.15, 0.2) is 24.6 Å². The fraction of sp³-hybridized carbons (Fsp3) is 0.692. The van der Waals surface area contributed by atoms with Gasteiger partial charge in [-0.05, 0) is 25.0 Å². The number of allylic oxidation sites excluding steroid dienone is 2. The predicted molar refractivity (Wildman–Crippen MR) is 62.1 cm³/mol. The molecule has 80 valence electrons. The molecule has 0 fully saturated rings. The van der Waals surface area contributed by atoms with E-state index >= 15 is 0 Å². The largest absolute Gasteiger partial charge is 0.282 e. The Morgan fingerprint density at radius 3 is 2.00 bits per heavy atom. The summed E-state index contributed by atoms with van der Waals surface area (Å²) in [5, 5.41) is 0. The van der Waals surface area contributed by atoms with Crippen LogP contribution in [0.5, 0.6) is 0 Å². The molecule has 0 atom stereocenters. The van der Waals surface area contributed by atoms with Crippen LogP contribution in [0.4, 0.5) is 0 Å². The quantitative estimate of drug-likeness (QED) is 0.567. The van der Waals surface area contributed by atoms with E-state index in [0.717, 1.165) is 0 Å². The molecule has 1 aliphatic rings. The van der Waals surface area contributed by atoms with Crippen LogP contribution in [0, 0.1) is 0 Å². The molecular weight excluding hydrogens is 170 g/mol. The summed E-state index contributed by atoms with van der Waals surface area (Å²) >= 11 is 0. The number of hydrogen-bond donors (Lipinski definition) is 1. The van der Waals surface area contributed by atoms with Gasteiger partial charge in [0.05, 0.1) is 18.9 Å². The van der Waals surface area contributed by atoms with E-state index < -0.39 is 0 Å². The molecule has 1 nitrogen and oxygen atoms in total. The molecule has 0 amide bonds. The minimum atomic E-state index is 1.28. The van der Waals surface area contributed by atoms with E-state index in [0.29, 0.717) is 0 Å². The summed E-state index contributed by atoms with van der Waals surface area (Å²) < 4.78 is 0. The molecule has 0 aromatic carbocycles. The van der Waals surface area contributed by atoms with Crippen LogP contribution >= 0.6 is 0 Å². The smallest absolute Gasteiger partial charge is 0.0990 e. The first-order valence-electron chi connectivity index (χ1n) is 6.14. The highest BCUT2D eigenvalue weighted by Crippen LogP contribution is 2.05. The van der Waals surface area contributed by atoms with Gasteiger partial charge in [0.15, 0.2) is 0 Å². The van der Waals surface area contributed by atoms with Crippen molar-refractivity contribution in [2.45, 2.75) is 51.9 Å². The molecular formula is C13H24N+. The minimum absolute atomic E-state index is 1.28. The first-order chi connectivity index (χ1) is 6.93. The first kappa shape index (κ1) is 11.5. The average Bonchev–Trinajstić information content (AvgIpc) is 2.69. The molecule has 1 aliphatic heterocycles. The van der Waals surface area contributed by atoms with Gasteiger partial charge < -0.3 is 0 Å². The van der Waals surface area contributed by atoms with Crippen molar-refractivity contribution in [2.24, 2.45) is 0 Å². The molecule has 0 saturated heterocycles. The highest BCUT2D eigenvalue weighted by molar-refractivity contribution is 5.00. The Bertz CT molecular complexity index is 170. The van der Waals surface area contributed by atoms with Crippen molar-refractivity contribution in [1.82, 2.24) is 0 Å². The van der Waals surface area contributed by atoms with E-state index in [1.165, 1.54) is 56.4 Å². The van der Waals surface area contributed by atoms with Gasteiger partial charge in [-0.2, -0.15) is 0 Å². The van der Waals surface area contributed by atoms with E-state index in [1.807, 2.05) is 0 Å². The molecule has 0 aromatic heterocycles. The predicted octanol–water partition coefficient (Wildman–Crippen LogP) is 2.66. The molecule has 14 heavy (non-hydrogen) atoms. The zero-order chi connectivity index (χ0) is 10.1. The molecule has 0 radical (unpaired) electrons. The summed E-state index contributed by atoms with van der Waals surface area (Å²) in [6.45, 7) is 3.55. The number of quaternary nitrogens is 1. The molecule has 0 spiro atoms. The summed E-state index contributed by atoms with van der Waals surface area (Å²) in [6.07, 6.45) is 18.6. The minimum Gasteiger partial charge on any atom is -0.282 e. The van der Waals surface area contributed by atoms with Crippen molar-refractivity contribution in [3.8, 4) is 0 Å². The third-order valence-electron chi connectivity index (χ3n) is 2.80. The van der Waals surface area contributed by atoms with E-state index in [-0.39, 0.29) is 0 Å². The van der Waals surface area contributed by atoms with Crippen molar-refractivity contribution in [3.05, 3.63) is 24.6 Å². The summed E-state index contributed by atoms with van der Waals surface area (Å²) in [5.74, 6) is 0. The third kappa shape index (κ3) is 5.23. The average molecular weight is 194 g/mol. The van der Waals surface area contributed by atoms with Crippen LogP contribution in [0.25, 0.3) is 0 Å². The fourth-order valence-electron chi connectivity index (χ4n) is 1.87. The van der Waals surface area contributed by atoms with Crippen molar-refractivity contribution in [1.29, 1.82) is 0 Å². The Balaban J connectivity index is 1.80. The van der Waals surface area contributed by atoms with Crippen LogP contribution in [0.1, 0.15) is 51.9 Å². The Kier molecular flexibility index (Phi) is 6.42. The summed E-state index contributed by atoms with van der Waals surface area (Å²) in [5.41, 5.74) is 0. The molecule has 1 N–H and O–H groups in total. The van der Waals surface area contributed by atoms with Crippen molar-refractivity contribution in [3.63, 3.8) is 0 Å². The lowest BCUT2D eigenvalue weighted by atomic mass is 10.1. The molecule has 1 rings (SSSR count). The lowest BCUT2D eigenvalue weighted by Gasteiger charge is -2.06. The van der Waals surface area contributed by atoms with Gasteiger partial charge in [0.25, 0.3) is 0 Å². The monoisotopic (exact) mass is 194 g/mol. The fourth-order valence-corrected chi connectivity index (χ4v) is 1.87. The van der Waals surface area contributed by atoms with Gasteiger partial charge in [0.2, 0.25) is 0 Å². The summed E-state index contributed by atoms with van der Waals surface area (Å²) in [4.78, 5) is 1.51. The number of nitrogens with one attached hydrogen (secondary N) is 1. The first-order valence-corrected chi connectivity index (χ1v) is 6.14. The maximum absolute atomic E-state index is 2.27. The van der Waals surface area contributed by atoms with Gasteiger partial charge in [0, 0.05) is 0 Å². The standard InChI is InChI=1S/C13H23N/c1-2-3-4-5-6-7-8-11-14-12-9-10-13-14/h9-10,12-13H,2-8,11H2,1H3/p+1. The summed E-state index contributed by atoms with van der Waals surface area (Å²) in [7, 11) is 0. The topological polar surface area (TPSA) is 4.44 Å². The molecule has 0 unspecified atom stereocenters. The second-order valence-electron chi connectivity index (χ2n) is 4.16. The van der Waals surface area contributed by atoms with Gasteiger partial charge in [-0.15, -0.1) is 0 Å². The molecule has 0 aliphatic carbocycles. The van der Waals surface area contributed by atoms with Gasteiger partial charge in [-0.25, -0.2) is 0 Å². The number of rotatable bonds is 8. The molecule has 0 bridgehead atoms. The zero-order valence-electron chi connectivity index (χ0n) is 9.47. The van der Waals surface area contributed by atoms with Gasteiger partial charge in [-0.3, -0.25) is 4.90 Å². The van der Waals surface area contributed by atoms with E-state index in [2.05, 4.69) is 31.5 Å². The van der Waals surface area contributed by atoms with Crippen LogP contribution in [-0.4, -0.2) is 6.54 Å². The Labute approximate surface area is 88.5 Å². The van der Waals surface area contributed by atoms with Gasteiger partial charge in [-0.1, -0.05) is 39.0 Å². The Hall–Kier alpha value is -0.560. The molecule has 0 saturated carbocycles. The van der Waals surface area contributed by atoms with Gasteiger partial charge in [0.1, 0.15) is 0 Å². The van der Waals surface area contributed by atoms with Crippen LogP contribution in [0.3, 0.4) is 0 Å². The van der Waals surface area contributed by atoms with Crippen LogP contribution < -0.4 is 4.90 Å². The lowest BCUT2D eigenvalue weighted by Crippen LogP contribution is -3.01. The lowest BCUT2D eigenvalue weighted by molar-refractivity contribution is -0.787. The van der Waals surface area contributed by atoms with Crippen LogP contribution in [0.2, 0.25) is 0 Å². The SMILES string of the molecule is CCCCCCCCC[NH+]1C=CC=C1. The second-order valence-corrected chi connectivity index (χ2v) is 4.16. The summed E-state index contributed by atoms with van der Waals surface area (Å²) in [6, 6.07) is 0. The number of unbranched alkanes of at least 4 members (excludes halogenated alkanes) is 6. The Morgan fingerprint density at radius 1 is 0.786 bits per heavy atom.